The number of nitrogen functional groups attached to an aromatic ring is 1. The Hall–Kier alpha value is -4.91. The van der Waals surface area contributed by atoms with Crippen LogP contribution in [-0.4, -0.2) is 137 Å². The molecule has 9 rings (SSSR count). The van der Waals surface area contributed by atoms with Gasteiger partial charge in [0.2, 0.25) is 18.8 Å². The lowest BCUT2D eigenvalue weighted by Crippen LogP contribution is -2.63. The van der Waals surface area contributed by atoms with Crippen LogP contribution in [0.3, 0.4) is 0 Å². The van der Waals surface area contributed by atoms with Crippen LogP contribution in [0.2, 0.25) is 0 Å². The average Bonchev–Trinajstić information content (AvgIpc) is 3.91. The van der Waals surface area contributed by atoms with Crippen molar-refractivity contribution in [2.75, 3.05) is 46.6 Å². The maximum Gasteiger partial charge on any atom is 0.351 e. The molecule has 22 heteroatoms. The van der Waals surface area contributed by atoms with E-state index >= 15 is 0 Å². The highest BCUT2D eigenvalue weighted by atomic mass is 19.3. The zero-order valence-corrected chi connectivity index (χ0v) is 32.2. The number of phenols is 1. The van der Waals surface area contributed by atoms with Crippen molar-refractivity contribution in [3.63, 3.8) is 0 Å². The van der Waals surface area contributed by atoms with Crippen molar-refractivity contribution in [2.24, 2.45) is 11.8 Å². The summed E-state index contributed by atoms with van der Waals surface area (Å²) in [6.45, 7) is 1.14. The minimum absolute atomic E-state index is 0.0301. The minimum Gasteiger partial charge on any atom is -0.502 e. The van der Waals surface area contributed by atoms with E-state index in [1.165, 1.54) is 14.2 Å². The molecule has 0 saturated carbocycles. The number of carbonyl (C=O) groups excluding carboxylic acids is 1. The van der Waals surface area contributed by atoms with Gasteiger partial charge >= 0.3 is 17.6 Å². The summed E-state index contributed by atoms with van der Waals surface area (Å²) in [7, 11) is 2.86. The van der Waals surface area contributed by atoms with Crippen molar-refractivity contribution in [3.8, 4) is 28.7 Å². The Morgan fingerprint density at radius 2 is 1.63 bits per heavy atom. The van der Waals surface area contributed by atoms with Crippen LogP contribution >= 0.6 is 0 Å². The largest absolute Gasteiger partial charge is 0.502 e. The highest BCUT2D eigenvalue weighted by Crippen LogP contribution is 2.57. The van der Waals surface area contributed by atoms with Crippen LogP contribution in [0.15, 0.2) is 41.3 Å². The summed E-state index contributed by atoms with van der Waals surface area (Å²) >= 11 is 0. The van der Waals surface area contributed by atoms with Gasteiger partial charge in [0, 0.05) is 18.0 Å². The first-order valence-electron chi connectivity index (χ1n) is 18.8. The predicted octanol–water partition coefficient (Wildman–Crippen LogP) is 0.0500. The van der Waals surface area contributed by atoms with Crippen molar-refractivity contribution in [2.45, 2.75) is 80.3 Å². The Kier molecular flexibility index (Phi) is 11.3. The number of aromatic hydroxyl groups is 1. The summed E-state index contributed by atoms with van der Waals surface area (Å²) < 4.78 is 84.2. The van der Waals surface area contributed by atoms with E-state index in [1.807, 2.05) is 0 Å². The fraction of sp³-hybridized carbons (Fsp3) is 0.553. The molecule has 0 unspecified atom stereocenters. The lowest BCUT2D eigenvalue weighted by atomic mass is 9.66. The van der Waals surface area contributed by atoms with Gasteiger partial charge in [-0.3, -0.25) is 9.36 Å². The van der Waals surface area contributed by atoms with Crippen molar-refractivity contribution in [3.05, 3.63) is 63.7 Å². The van der Waals surface area contributed by atoms with Crippen molar-refractivity contribution < 1.29 is 86.5 Å². The highest BCUT2D eigenvalue weighted by Gasteiger charge is 2.60. The number of halogens is 2. The Morgan fingerprint density at radius 1 is 0.950 bits per heavy atom. The van der Waals surface area contributed by atoms with Gasteiger partial charge in [0.25, 0.3) is 0 Å². The molecule has 20 nitrogen and oxygen atoms in total. The van der Waals surface area contributed by atoms with Gasteiger partial charge in [0.15, 0.2) is 41.7 Å². The molecule has 6 aliphatic rings. The lowest BCUT2D eigenvalue weighted by Gasteiger charge is -2.47. The lowest BCUT2D eigenvalue weighted by molar-refractivity contribution is -0.364. The maximum atomic E-state index is 13.7. The normalized spacial score (nSPS) is 34.7. The number of methoxy groups -OCH3 is 2. The third-order valence-corrected chi connectivity index (χ3v) is 11.4. The van der Waals surface area contributed by atoms with Crippen LogP contribution < -0.4 is 30.4 Å². The van der Waals surface area contributed by atoms with Gasteiger partial charge in [0.1, 0.15) is 36.3 Å². The first-order chi connectivity index (χ1) is 28.7. The molecule has 0 amide bonds. The number of phenolic OH excluding ortho intramolecular Hbond substituents is 1. The van der Waals surface area contributed by atoms with Crippen molar-refractivity contribution in [1.82, 2.24) is 9.55 Å². The second kappa shape index (κ2) is 16.2. The van der Waals surface area contributed by atoms with Crippen LogP contribution in [-0.2, 0) is 33.2 Å². The fourth-order valence-corrected chi connectivity index (χ4v) is 8.46. The summed E-state index contributed by atoms with van der Waals surface area (Å²) in [5.41, 5.74) is 6.22. The number of aliphatic hydroxyl groups is 4. The number of carbonyl (C=O) groups is 1. The number of ether oxygens (including phenoxy) is 10. The molecule has 0 radical (unpaired) electrons. The minimum atomic E-state index is -3.71. The smallest absolute Gasteiger partial charge is 0.351 e. The van der Waals surface area contributed by atoms with Crippen LogP contribution in [0.1, 0.15) is 41.9 Å². The van der Waals surface area contributed by atoms with E-state index in [4.69, 9.17) is 58.2 Å². The molecule has 326 valence electrons. The number of rotatable bonds is 7. The van der Waals surface area contributed by atoms with Crippen LogP contribution in [0.5, 0.6) is 28.7 Å². The van der Waals surface area contributed by atoms with E-state index in [0.29, 0.717) is 32.8 Å². The molecule has 1 aliphatic carbocycles. The Labute approximate surface area is 338 Å². The van der Waals surface area contributed by atoms with Gasteiger partial charge in [-0.1, -0.05) is 0 Å². The van der Waals surface area contributed by atoms with Crippen LogP contribution in [0.25, 0.3) is 0 Å². The van der Waals surface area contributed by atoms with Gasteiger partial charge in [-0.25, -0.2) is 4.79 Å². The number of aliphatic hydroxyl groups excluding tert-OH is 4. The van der Waals surface area contributed by atoms with Gasteiger partial charge in [-0.2, -0.15) is 13.8 Å². The average molecular weight is 852 g/mol. The first kappa shape index (κ1) is 41.8. The van der Waals surface area contributed by atoms with E-state index < -0.39 is 103 Å². The van der Waals surface area contributed by atoms with E-state index in [9.17, 15) is 38.8 Å². The molecular formula is C38H43F2N3O17. The number of hydrogen-bond donors (Lipinski definition) is 6. The van der Waals surface area contributed by atoms with Gasteiger partial charge in [-0.15, -0.1) is 0 Å². The quantitative estimate of drug-likeness (QED) is 0.171. The molecule has 3 aromatic rings. The van der Waals surface area contributed by atoms with Gasteiger partial charge in [-0.05, 0) is 53.9 Å². The van der Waals surface area contributed by atoms with Crippen LogP contribution in [0.4, 0.5) is 14.6 Å². The van der Waals surface area contributed by atoms with E-state index in [2.05, 4.69) is 4.98 Å². The monoisotopic (exact) mass is 851 g/mol. The number of fused-ring (bicyclic) bond motifs is 4. The number of anilines is 1. The zero-order valence-electron chi connectivity index (χ0n) is 32.2. The summed E-state index contributed by atoms with van der Waals surface area (Å²) in [4.78, 5) is 28.1. The molecule has 60 heavy (non-hydrogen) atoms. The summed E-state index contributed by atoms with van der Waals surface area (Å²) in [5, 5.41) is 50.6. The molecule has 0 spiro atoms. The van der Waals surface area contributed by atoms with E-state index in [0.717, 1.165) is 12.3 Å². The molecule has 0 bridgehead atoms. The maximum absolute atomic E-state index is 13.7. The number of cyclic esters (lactones) is 1. The molecule has 6 heterocycles. The highest BCUT2D eigenvalue weighted by molar-refractivity contribution is 5.79. The second-order valence-electron chi connectivity index (χ2n) is 14.9. The molecule has 5 aliphatic heterocycles. The SMILES string of the molecule is COc1cc([C@@H]2c3cc4c(cc3[C@@H](O[C@@H]3O[C@@H]5CO[C@@H](C)O[C@H]5[C@H](O)[C@H]3O)[C@H]3COC(=O)[C@H]23)OCO4)cc(OC)c1O.Nc1ccn([C@@H]2O[C@H](CO)[C@@H](O)C2(F)F)c(=O)n1. The number of hydrogen-bond acceptors (Lipinski definition) is 19. The Balaban J connectivity index is 0.000000232. The summed E-state index contributed by atoms with van der Waals surface area (Å²) in [5.74, 6) is -4.85. The third-order valence-electron chi connectivity index (χ3n) is 11.4. The van der Waals surface area contributed by atoms with Crippen molar-refractivity contribution in [1.29, 1.82) is 0 Å². The second-order valence-corrected chi connectivity index (χ2v) is 14.9. The number of esters is 1. The summed E-state index contributed by atoms with van der Waals surface area (Å²) in [6.07, 6.45) is -11.5. The third kappa shape index (κ3) is 7.14. The van der Waals surface area contributed by atoms with Crippen molar-refractivity contribution >= 4 is 11.8 Å². The number of aromatic nitrogens is 2. The molecule has 7 N–H and O–H groups in total. The fourth-order valence-electron chi connectivity index (χ4n) is 8.46. The topological polar surface area (TPSA) is 271 Å². The Morgan fingerprint density at radius 3 is 2.27 bits per heavy atom. The first-order valence-corrected chi connectivity index (χ1v) is 18.8. The molecule has 1 aromatic heterocycles. The van der Waals surface area contributed by atoms with E-state index in [1.54, 1.807) is 31.2 Å². The molecule has 13 atom stereocenters. The molecule has 4 fully saturated rings. The molecular weight excluding hydrogens is 808 g/mol. The zero-order chi connectivity index (χ0) is 42.8. The molecule has 4 saturated heterocycles. The van der Waals surface area contributed by atoms with Crippen LogP contribution in [0, 0.1) is 11.8 Å². The number of nitrogens with two attached hydrogens (primary N) is 1. The number of benzene rings is 2. The Bertz CT molecular complexity index is 2130. The predicted molar refractivity (Wildman–Crippen MR) is 193 cm³/mol. The number of nitrogens with zero attached hydrogens (tertiary/aromatic N) is 2. The number of alkyl halides is 2. The standard InChI is InChI=1S/C29H32O13.C9H11F2N3O4/c1-11-36-9-20-27(40-11)24(31)25(32)29(41-20)42-26-14-7-17-16(38-10-39-17)6-13(14)21(22-15(26)8-37-28(22)33)12-4-18(34-2)23(30)19(5-12)35-3;10-9(11)6(16)4(3-15)18-7(9)14-2-1-5(12)13-8(14)17/h4-7,11,15,20-22,24-27,29-32H,8-10H2,1-3H3;1-2,4,6-7,15-16H,3H2,(H2,12,13,17)/t11-,15+,20-,21-,22+,24-,25-,26-,27-,29+;4-,6-,7-/m11/s1. The van der Waals surface area contributed by atoms with Gasteiger partial charge < -0.3 is 78.6 Å². The van der Waals surface area contributed by atoms with Gasteiger partial charge in [0.05, 0.1) is 46.1 Å². The van der Waals surface area contributed by atoms with E-state index in [-0.39, 0.29) is 43.1 Å². The summed E-state index contributed by atoms with van der Waals surface area (Å²) in [6, 6.07) is 8.08. The molecule has 2 aromatic carbocycles.